The lowest BCUT2D eigenvalue weighted by atomic mass is 9.87. The van der Waals surface area contributed by atoms with Gasteiger partial charge >= 0.3 is 5.97 Å². The summed E-state index contributed by atoms with van der Waals surface area (Å²) in [7, 11) is 1.64. The largest absolute Gasteiger partial charge is 0.497 e. The smallest absolute Gasteiger partial charge is 0.338 e. The van der Waals surface area contributed by atoms with Crippen LogP contribution in [0.15, 0.2) is 78.9 Å². The van der Waals surface area contributed by atoms with Crippen molar-refractivity contribution in [3.63, 3.8) is 0 Å². The maximum absolute atomic E-state index is 11.7. The van der Waals surface area contributed by atoms with Gasteiger partial charge in [-0.2, -0.15) is 0 Å². The minimum absolute atomic E-state index is 0.345. The number of ether oxygens (including phenoxy) is 2. The van der Waals surface area contributed by atoms with E-state index in [-0.39, 0.29) is 0 Å². The third-order valence-electron chi connectivity index (χ3n) is 4.83. The number of carbonyl (C=O) groups is 1. The van der Waals surface area contributed by atoms with Crippen molar-refractivity contribution in [3.05, 3.63) is 84.4 Å². The molecule has 0 aliphatic carbocycles. The molecule has 0 unspecified atom stereocenters. The number of esters is 1. The van der Waals surface area contributed by atoms with Gasteiger partial charge in [0.05, 0.1) is 12.7 Å². The fourth-order valence-corrected chi connectivity index (χ4v) is 3.16. The molecule has 0 saturated carbocycles. The highest BCUT2D eigenvalue weighted by molar-refractivity contribution is 5.88. The van der Waals surface area contributed by atoms with Gasteiger partial charge in [0.25, 0.3) is 0 Å². The van der Waals surface area contributed by atoms with Crippen molar-refractivity contribution in [1.29, 1.82) is 0 Å². The van der Waals surface area contributed by atoms with Crippen molar-refractivity contribution in [2.75, 3.05) is 7.11 Å². The molecule has 0 radical (unpaired) electrons. The van der Waals surface area contributed by atoms with Crippen LogP contribution in [0.5, 0.6) is 11.5 Å². The summed E-state index contributed by atoms with van der Waals surface area (Å²) in [4.78, 5) is 11.7. The molecule has 0 aliphatic rings. The number of hydrogen-bond acceptors (Lipinski definition) is 4. The molecule has 0 heterocycles. The van der Waals surface area contributed by atoms with Gasteiger partial charge in [0.2, 0.25) is 0 Å². The molecule has 0 aromatic heterocycles. The van der Waals surface area contributed by atoms with Crippen molar-refractivity contribution >= 4 is 5.97 Å². The van der Waals surface area contributed by atoms with Crippen LogP contribution in [0.25, 0.3) is 22.3 Å². The van der Waals surface area contributed by atoms with Crippen molar-refractivity contribution in [2.45, 2.75) is 26.4 Å². The van der Waals surface area contributed by atoms with E-state index >= 15 is 0 Å². The van der Waals surface area contributed by atoms with E-state index in [4.69, 9.17) is 9.47 Å². The Balaban J connectivity index is 1.98. The first-order valence-corrected chi connectivity index (χ1v) is 9.68. The van der Waals surface area contributed by atoms with Gasteiger partial charge in [0.15, 0.2) is 0 Å². The fraction of sp³-hybridized carbons (Fsp3) is 0.192. The summed E-state index contributed by atoms with van der Waals surface area (Å²) < 4.78 is 10.5. The van der Waals surface area contributed by atoms with E-state index in [1.807, 2.05) is 54.6 Å². The Morgan fingerprint density at radius 1 is 0.867 bits per heavy atom. The van der Waals surface area contributed by atoms with E-state index in [2.05, 4.69) is 6.58 Å². The van der Waals surface area contributed by atoms with Gasteiger partial charge in [-0.25, -0.2) is 4.79 Å². The summed E-state index contributed by atoms with van der Waals surface area (Å²) in [6.07, 6.45) is 0. The molecule has 3 aromatic rings. The highest BCUT2D eigenvalue weighted by atomic mass is 16.5. The maximum atomic E-state index is 11.7. The second-order valence-corrected chi connectivity index (χ2v) is 7.74. The molecule has 0 atom stereocenters. The van der Waals surface area contributed by atoms with E-state index in [0.29, 0.717) is 11.3 Å². The molecular formula is C26H26O4. The van der Waals surface area contributed by atoms with Crippen LogP contribution in [0.2, 0.25) is 0 Å². The monoisotopic (exact) mass is 402 g/mol. The summed E-state index contributed by atoms with van der Waals surface area (Å²) in [5.74, 6) is 0.792. The number of carbonyl (C=O) groups excluding carboxylic acids is 1. The first kappa shape index (κ1) is 21.3. The van der Waals surface area contributed by atoms with Crippen LogP contribution in [-0.4, -0.2) is 18.2 Å². The van der Waals surface area contributed by atoms with Gasteiger partial charge in [0.1, 0.15) is 11.5 Å². The molecule has 3 rings (SSSR count). The number of hydrogen-bond donors (Lipinski definition) is 1. The van der Waals surface area contributed by atoms with E-state index < -0.39 is 11.6 Å². The molecule has 4 heteroatoms. The second kappa shape index (κ2) is 8.56. The summed E-state index contributed by atoms with van der Waals surface area (Å²) in [5.41, 5.74) is 3.99. The molecule has 0 amide bonds. The molecule has 4 nitrogen and oxygen atoms in total. The molecule has 1 N–H and O–H groups in total. The van der Waals surface area contributed by atoms with Crippen LogP contribution in [-0.2, 0) is 10.4 Å². The maximum Gasteiger partial charge on any atom is 0.338 e. The first-order valence-electron chi connectivity index (χ1n) is 9.68. The minimum atomic E-state index is -1.04. The van der Waals surface area contributed by atoms with Crippen LogP contribution >= 0.6 is 0 Å². The molecule has 30 heavy (non-hydrogen) atoms. The standard InChI is InChI=1S/C26H26O4/c1-17(2)25(27)30-22-13-8-19(9-14-22)23-15-10-20(16-24(23)26(3,4)28)18-6-11-21(29-5)12-7-18/h6-16,28H,1H2,2-5H3. The predicted octanol–water partition coefficient (Wildman–Crippen LogP) is 5.74. The topological polar surface area (TPSA) is 55.8 Å². The zero-order valence-electron chi connectivity index (χ0n) is 17.7. The summed E-state index contributed by atoms with van der Waals surface area (Å²) >= 11 is 0. The van der Waals surface area contributed by atoms with Gasteiger partial charge in [-0.3, -0.25) is 0 Å². The molecule has 154 valence electrons. The molecule has 0 bridgehead atoms. The summed E-state index contributed by atoms with van der Waals surface area (Å²) in [6, 6.07) is 21.1. The average molecular weight is 402 g/mol. The number of rotatable bonds is 6. The molecule has 0 aliphatic heterocycles. The van der Waals surface area contributed by atoms with E-state index in [1.165, 1.54) is 0 Å². The molecule has 3 aromatic carbocycles. The Bertz CT molecular complexity index is 1060. The van der Waals surface area contributed by atoms with E-state index in [9.17, 15) is 9.90 Å². The number of methoxy groups -OCH3 is 1. The van der Waals surface area contributed by atoms with E-state index in [1.54, 1.807) is 40.0 Å². The molecule has 0 saturated heterocycles. The second-order valence-electron chi connectivity index (χ2n) is 7.74. The SMILES string of the molecule is C=C(C)C(=O)Oc1ccc(-c2ccc(-c3ccc(OC)cc3)cc2C(C)(C)O)cc1. The zero-order chi connectivity index (χ0) is 21.9. The van der Waals surface area contributed by atoms with Gasteiger partial charge in [-0.1, -0.05) is 43.0 Å². The van der Waals surface area contributed by atoms with Crippen molar-refractivity contribution in [1.82, 2.24) is 0 Å². The number of benzene rings is 3. The fourth-order valence-electron chi connectivity index (χ4n) is 3.16. The summed E-state index contributed by atoms with van der Waals surface area (Å²) in [6.45, 7) is 8.74. The molecule has 0 fully saturated rings. The first-order chi connectivity index (χ1) is 14.2. The van der Waals surface area contributed by atoms with Gasteiger partial charge < -0.3 is 14.6 Å². The van der Waals surface area contributed by atoms with Crippen LogP contribution in [0.4, 0.5) is 0 Å². The highest BCUT2D eigenvalue weighted by Crippen LogP contribution is 2.36. The van der Waals surface area contributed by atoms with Crippen molar-refractivity contribution in [3.8, 4) is 33.8 Å². The van der Waals surface area contributed by atoms with Crippen LogP contribution in [0.3, 0.4) is 0 Å². The summed E-state index contributed by atoms with van der Waals surface area (Å²) in [5, 5.41) is 10.8. The highest BCUT2D eigenvalue weighted by Gasteiger charge is 2.22. The zero-order valence-corrected chi connectivity index (χ0v) is 17.7. The molecule has 0 spiro atoms. The lowest BCUT2D eigenvalue weighted by Gasteiger charge is -2.23. The van der Waals surface area contributed by atoms with Gasteiger partial charge in [-0.15, -0.1) is 0 Å². The third-order valence-corrected chi connectivity index (χ3v) is 4.83. The Hall–Kier alpha value is -3.37. The quantitative estimate of drug-likeness (QED) is 0.325. The van der Waals surface area contributed by atoms with Crippen molar-refractivity contribution in [2.24, 2.45) is 0 Å². The molecular weight excluding hydrogens is 376 g/mol. The Labute approximate surface area is 177 Å². The Morgan fingerprint density at radius 3 is 1.93 bits per heavy atom. The van der Waals surface area contributed by atoms with Crippen LogP contribution in [0, 0.1) is 0 Å². The van der Waals surface area contributed by atoms with Crippen LogP contribution < -0.4 is 9.47 Å². The minimum Gasteiger partial charge on any atom is -0.497 e. The van der Waals surface area contributed by atoms with E-state index in [0.717, 1.165) is 33.6 Å². The lowest BCUT2D eigenvalue weighted by Crippen LogP contribution is -2.17. The third kappa shape index (κ3) is 4.78. The normalized spacial score (nSPS) is 11.1. The average Bonchev–Trinajstić information content (AvgIpc) is 2.73. The van der Waals surface area contributed by atoms with Crippen LogP contribution in [0.1, 0.15) is 26.3 Å². The van der Waals surface area contributed by atoms with Gasteiger partial charge in [0, 0.05) is 5.57 Å². The van der Waals surface area contributed by atoms with Gasteiger partial charge in [-0.05, 0) is 78.9 Å². The Kier molecular flexibility index (Phi) is 6.09. The van der Waals surface area contributed by atoms with Crippen molar-refractivity contribution < 1.29 is 19.4 Å². The number of aliphatic hydroxyl groups is 1. The Morgan fingerprint density at radius 2 is 1.40 bits per heavy atom. The predicted molar refractivity (Wildman–Crippen MR) is 120 cm³/mol. The lowest BCUT2D eigenvalue weighted by molar-refractivity contribution is -0.130.